The molecule has 2 aromatic carbocycles. The molecule has 0 saturated carbocycles. The minimum absolute atomic E-state index is 0.134. The van der Waals surface area contributed by atoms with Crippen LogP contribution >= 0.6 is 27.5 Å². The highest BCUT2D eigenvalue weighted by Crippen LogP contribution is 2.27. The average molecular weight is 382 g/mol. The van der Waals surface area contributed by atoms with Crippen molar-refractivity contribution in [3.63, 3.8) is 0 Å². The first-order chi connectivity index (χ1) is 10.6. The number of hydrogen-bond donors (Lipinski definition) is 1. The van der Waals surface area contributed by atoms with Gasteiger partial charge in [-0.25, -0.2) is 5.43 Å². The van der Waals surface area contributed by atoms with E-state index in [2.05, 4.69) is 26.5 Å². The molecule has 0 spiro atoms. The third-order valence-corrected chi connectivity index (χ3v) is 3.69. The van der Waals surface area contributed by atoms with Gasteiger partial charge in [-0.05, 0) is 52.2 Å². The van der Waals surface area contributed by atoms with Crippen molar-refractivity contribution in [2.24, 2.45) is 5.10 Å². The Balaban J connectivity index is 1.84. The van der Waals surface area contributed by atoms with Gasteiger partial charge < -0.3 is 4.74 Å². The number of carbonyl (C=O) groups excluding carboxylic acids is 1. The number of aryl methyl sites for hydroxylation is 1. The lowest BCUT2D eigenvalue weighted by Gasteiger charge is -2.07. The summed E-state index contributed by atoms with van der Waals surface area (Å²) in [5, 5.41) is 4.50. The fourth-order valence-electron chi connectivity index (χ4n) is 1.67. The Kier molecular flexibility index (Phi) is 5.98. The molecule has 0 aliphatic rings. The number of nitrogens with one attached hydrogen (secondary N) is 1. The summed E-state index contributed by atoms with van der Waals surface area (Å²) < 4.78 is 6.08. The van der Waals surface area contributed by atoms with Gasteiger partial charge in [0.15, 0.2) is 6.61 Å². The van der Waals surface area contributed by atoms with Crippen LogP contribution in [0.3, 0.4) is 0 Å². The normalized spacial score (nSPS) is 10.7. The summed E-state index contributed by atoms with van der Waals surface area (Å²) in [4.78, 5) is 11.7. The maximum Gasteiger partial charge on any atom is 0.277 e. The van der Waals surface area contributed by atoms with Gasteiger partial charge in [-0.15, -0.1) is 0 Å². The van der Waals surface area contributed by atoms with E-state index in [-0.39, 0.29) is 12.5 Å². The Morgan fingerprint density at radius 3 is 2.86 bits per heavy atom. The van der Waals surface area contributed by atoms with Gasteiger partial charge in [0, 0.05) is 5.02 Å². The summed E-state index contributed by atoms with van der Waals surface area (Å²) in [5.74, 6) is 0.203. The molecule has 0 bridgehead atoms. The zero-order valence-corrected chi connectivity index (χ0v) is 14.2. The summed E-state index contributed by atoms with van der Waals surface area (Å²) in [6.45, 7) is 1.84. The fourth-order valence-corrected chi connectivity index (χ4v) is 2.47. The van der Waals surface area contributed by atoms with E-state index in [1.807, 2.05) is 31.2 Å². The van der Waals surface area contributed by atoms with Gasteiger partial charge >= 0.3 is 0 Å². The first-order valence-corrected chi connectivity index (χ1v) is 7.69. The lowest BCUT2D eigenvalue weighted by atomic mass is 10.1. The van der Waals surface area contributed by atoms with Gasteiger partial charge in [0.25, 0.3) is 5.91 Å². The summed E-state index contributed by atoms with van der Waals surface area (Å²) in [7, 11) is 0. The van der Waals surface area contributed by atoms with Crippen LogP contribution in [-0.2, 0) is 4.79 Å². The fraction of sp³-hybridized carbons (Fsp3) is 0.125. The van der Waals surface area contributed by atoms with Gasteiger partial charge in [0.05, 0.1) is 10.7 Å². The van der Waals surface area contributed by atoms with Crippen LogP contribution in [0.15, 0.2) is 52.0 Å². The summed E-state index contributed by atoms with van der Waals surface area (Å²) >= 11 is 9.15. The monoisotopic (exact) mass is 380 g/mol. The van der Waals surface area contributed by atoms with E-state index in [9.17, 15) is 4.79 Å². The molecule has 0 atom stereocenters. The van der Waals surface area contributed by atoms with E-state index in [1.165, 1.54) is 0 Å². The number of nitrogens with zero attached hydrogens (tertiary/aromatic N) is 1. The van der Waals surface area contributed by atoms with E-state index >= 15 is 0 Å². The molecular formula is C16H14BrClN2O2. The van der Waals surface area contributed by atoms with Crippen molar-refractivity contribution in [1.82, 2.24) is 5.43 Å². The molecule has 0 aliphatic heterocycles. The number of carbonyl (C=O) groups is 1. The molecule has 0 fully saturated rings. The zero-order valence-electron chi connectivity index (χ0n) is 11.8. The van der Waals surface area contributed by atoms with Gasteiger partial charge in [0.1, 0.15) is 5.75 Å². The molecule has 0 aliphatic carbocycles. The smallest absolute Gasteiger partial charge is 0.277 e. The molecule has 6 heteroatoms. The Bertz CT molecular complexity index is 704. The van der Waals surface area contributed by atoms with Crippen LogP contribution < -0.4 is 10.2 Å². The summed E-state index contributed by atoms with van der Waals surface area (Å²) in [5.41, 5.74) is 4.46. The van der Waals surface area contributed by atoms with Crippen molar-refractivity contribution in [3.8, 4) is 5.75 Å². The second-order valence-corrected chi connectivity index (χ2v) is 5.80. The number of ether oxygens (including phenoxy) is 1. The van der Waals surface area contributed by atoms with E-state index in [4.69, 9.17) is 16.3 Å². The quantitative estimate of drug-likeness (QED) is 0.630. The molecule has 0 radical (unpaired) electrons. The highest BCUT2D eigenvalue weighted by Gasteiger charge is 2.05. The van der Waals surface area contributed by atoms with Crippen LogP contribution in [0.2, 0.25) is 5.02 Å². The van der Waals surface area contributed by atoms with Crippen molar-refractivity contribution in [2.45, 2.75) is 6.92 Å². The largest absolute Gasteiger partial charge is 0.483 e. The lowest BCUT2D eigenvalue weighted by molar-refractivity contribution is -0.123. The molecule has 0 heterocycles. The molecule has 1 amide bonds. The number of halogens is 2. The molecule has 2 rings (SSSR count). The first kappa shape index (κ1) is 16.5. The molecule has 4 nitrogen and oxygen atoms in total. The molecule has 114 valence electrons. The molecule has 0 unspecified atom stereocenters. The third kappa shape index (κ3) is 4.86. The van der Waals surface area contributed by atoms with Crippen LogP contribution in [0.25, 0.3) is 0 Å². The third-order valence-electron chi connectivity index (χ3n) is 2.83. The van der Waals surface area contributed by atoms with Gasteiger partial charge in [0.2, 0.25) is 0 Å². The van der Waals surface area contributed by atoms with E-state index < -0.39 is 0 Å². The number of benzene rings is 2. The predicted molar refractivity (Wildman–Crippen MR) is 91.6 cm³/mol. The molecule has 22 heavy (non-hydrogen) atoms. The number of amides is 1. The van der Waals surface area contributed by atoms with E-state index in [1.54, 1.807) is 24.4 Å². The van der Waals surface area contributed by atoms with Crippen LogP contribution in [0.4, 0.5) is 0 Å². The first-order valence-electron chi connectivity index (χ1n) is 6.51. The van der Waals surface area contributed by atoms with Crippen LogP contribution in [-0.4, -0.2) is 18.7 Å². The van der Waals surface area contributed by atoms with Crippen molar-refractivity contribution in [1.29, 1.82) is 0 Å². The zero-order chi connectivity index (χ0) is 15.9. The number of rotatable bonds is 5. The Morgan fingerprint density at radius 1 is 1.36 bits per heavy atom. The van der Waals surface area contributed by atoms with Gasteiger partial charge in [-0.1, -0.05) is 35.9 Å². The Morgan fingerprint density at radius 2 is 2.14 bits per heavy atom. The minimum Gasteiger partial charge on any atom is -0.483 e. The summed E-state index contributed by atoms with van der Waals surface area (Å²) in [6.07, 6.45) is 1.60. The number of hydrogen-bond acceptors (Lipinski definition) is 3. The van der Waals surface area contributed by atoms with Crippen LogP contribution in [0.5, 0.6) is 5.75 Å². The maximum atomic E-state index is 11.7. The predicted octanol–water partition coefficient (Wildman–Crippen LogP) is 3.94. The SMILES string of the molecule is Cc1ccccc1/C=N\NC(=O)COc1ccc(Cl)cc1Br. The Hall–Kier alpha value is -1.85. The van der Waals surface area contributed by atoms with Gasteiger partial charge in [-0.2, -0.15) is 5.10 Å². The van der Waals surface area contributed by atoms with Crippen molar-refractivity contribution < 1.29 is 9.53 Å². The van der Waals surface area contributed by atoms with Crippen LogP contribution in [0.1, 0.15) is 11.1 Å². The van der Waals surface area contributed by atoms with E-state index in [0.717, 1.165) is 11.1 Å². The molecule has 0 aromatic heterocycles. The topological polar surface area (TPSA) is 50.7 Å². The second-order valence-electron chi connectivity index (χ2n) is 4.51. The molecule has 2 aromatic rings. The standard InChI is InChI=1S/C16H14BrClN2O2/c1-11-4-2-3-5-12(11)9-19-20-16(21)10-22-15-7-6-13(18)8-14(15)17/h2-9H,10H2,1H3,(H,20,21)/b19-9-. The lowest BCUT2D eigenvalue weighted by Crippen LogP contribution is -2.24. The number of hydrazone groups is 1. The Labute approximate surface area is 142 Å². The minimum atomic E-state index is -0.341. The molecule has 0 saturated heterocycles. The average Bonchev–Trinajstić information content (AvgIpc) is 2.48. The molecule has 1 N–H and O–H groups in total. The van der Waals surface area contributed by atoms with Gasteiger partial charge in [-0.3, -0.25) is 4.79 Å². The van der Waals surface area contributed by atoms with Crippen molar-refractivity contribution >= 4 is 39.7 Å². The highest BCUT2D eigenvalue weighted by molar-refractivity contribution is 9.10. The second kappa shape index (κ2) is 7.96. The molecular weight excluding hydrogens is 368 g/mol. The van der Waals surface area contributed by atoms with Crippen molar-refractivity contribution in [3.05, 3.63) is 63.1 Å². The van der Waals surface area contributed by atoms with Crippen molar-refractivity contribution in [2.75, 3.05) is 6.61 Å². The summed E-state index contributed by atoms with van der Waals surface area (Å²) in [6, 6.07) is 12.8. The highest BCUT2D eigenvalue weighted by atomic mass is 79.9. The maximum absolute atomic E-state index is 11.7. The van der Waals surface area contributed by atoms with E-state index in [0.29, 0.717) is 15.2 Å². The van der Waals surface area contributed by atoms with Crippen LogP contribution in [0, 0.1) is 6.92 Å².